The molecule has 0 radical (unpaired) electrons. The molecule has 142 valence electrons. The fourth-order valence-electron chi connectivity index (χ4n) is 3.23. The first-order valence-corrected chi connectivity index (χ1v) is 9.10. The van der Waals surface area contributed by atoms with E-state index in [0.29, 0.717) is 16.7 Å². The summed E-state index contributed by atoms with van der Waals surface area (Å²) in [6.07, 6.45) is 3.47. The minimum Gasteiger partial charge on any atom is -0.465 e. The zero-order valence-corrected chi connectivity index (χ0v) is 15.8. The quantitative estimate of drug-likeness (QED) is 0.492. The molecule has 0 aliphatic rings. The maximum absolute atomic E-state index is 13.4. The van der Waals surface area contributed by atoms with E-state index in [2.05, 4.69) is 4.98 Å². The molecule has 2 heterocycles. The van der Waals surface area contributed by atoms with Crippen LogP contribution in [0.3, 0.4) is 0 Å². The molecule has 0 saturated carbocycles. The van der Waals surface area contributed by atoms with E-state index in [1.807, 2.05) is 48.5 Å². The molecule has 0 bridgehead atoms. The second-order valence-electron chi connectivity index (χ2n) is 6.41. The molecule has 0 atom stereocenters. The molecule has 0 N–H and O–H groups in total. The largest absolute Gasteiger partial charge is 0.465 e. The minimum atomic E-state index is -0.491. The number of rotatable bonds is 4. The van der Waals surface area contributed by atoms with E-state index in [9.17, 15) is 9.59 Å². The normalized spacial score (nSPS) is 10.5. The summed E-state index contributed by atoms with van der Waals surface area (Å²) in [5.74, 6) is -0.491. The number of benzene rings is 2. The highest BCUT2D eigenvalue weighted by Crippen LogP contribution is 2.26. The Balaban J connectivity index is 2.03. The predicted octanol–water partition coefficient (Wildman–Crippen LogP) is 4.35. The van der Waals surface area contributed by atoms with E-state index in [1.165, 1.54) is 7.11 Å². The van der Waals surface area contributed by atoms with Crippen LogP contribution in [-0.2, 0) is 4.74 Å². The Labute approximate surface area is 167 Å². The van der Waals surface area contributed by atoms with Crippen LogP contribution in [0.1, 0.15) is 10.4 Å². The standard InChI is InChI=1S/C24H18N2O3/c1-29-24(28)20-12-6-5-11-19(20)21-15-17(22-13-7-8-14-25-22)16-26(23(21)27)18-9-3-2-4-10-18/h2-16H,1H3. The number of methoxy groups -OCH3 is 1. The Hall–Kier alpha value is -3.99. The number of carbonyl (C=O) groups excluding carboxylic acids is 1. The van der Waals surface area contributed by atoms with Crippen molar-refractivity contribution in [2.45, 2.75) is 0 Å². The lowest BCUT2D eigenvalue weighted by Crippen LogP contribution is -2.21. The molecule has 5 nitrogen and oxygen atoms in total. The number of nitrogens with zero attached hydrogens (tertiary/aromatic N) is 2. The maximum Gasteiger partial charge on any atom is 0.338 e. The number of carbonyl (C=O) groups is 1. The monoisotopic (exact) mass is 382 g/mol. The van der Waals surface area contributed by atoms with Crippen LogP contribution in [0, 0.1) is 0 Å². The molecule has 2 aromatic heterocycles. The number of pyridine rings is 2. The summed E-state index contributed by atoms with van der Waals surface area (Å²) in [4.78, 5) is 30.1. The Bertz CT molecular complexity index is 1220. The maximum atomic E-state index is 13.4. The highest BCUT2D eigenvalue weighted by molar-refractivity contribution is 5.97. The van der Waals surface area contributed by atoms with Crippen LogP contribution >= 0.6 is 0 Å². The molecular weight excluding hydrogens is 364 g/mol. The van der Waals surface area contributed by atoms with Gasteiger partial charge in [0, 0.05) is 34.8 Å². The fraction of sp³-hybridized carbons (Fsp3) is 0.0417. The first kappa shape index (κ1) is 18.4. The molecule has 0 amide bonds. The van der Waals surface area contributed by atoms with Crippen LogP contribution < -0.4 is 5.56 Å². The van der Waals surface area contributed by atoms with E-state index < -0.39 is 5.97 Å². The van der Waals surface area contributed by atoms with Crippen molar-refractivity contribution in [2.75, 3.05) is 7.11 Å². The summed E-state index contributed by atoms with van der Waals surface area (Å²) in [6, 6.07) is 23.7. The van der Waals surface area contributed by atoms with Crippen molar-refractivity contribution < 1.29 is 9.53 Å². The van der Waals surface area contributed by atoms with Crippen molar-refractivity contribution in [3.63, 3.8) is 0 Å². The Morgan fingerprint density at radius 3 is 2.34 bits per heavy atom. The predicted molar refractivity (Wildman–Crippen MR) is 112 cm³/mol. The van der Waals surface area contributed by atoms with Gasteiger partial charge in [-0.15, -0.1) is 0 Å². The van der Waals surface area contributed by atoms with Gasteiger partial charge in [0.2, 0.25) is 0 Å². The number of ether oxygens (including phenoxy) is 1. The first-order valence-electron chi connectivity index (χ1n) is 9.10. The number of esters is 1. The van der Waals surface area contributed by atoms with Crippen molar-refractivity contribution in [1.29, 1.82) is 0 Å². The van der Waals surface area contributed by atoms with Gasteiger partial charge >= 0.3 is 5.97 Å². The molecule has 0 unspecified atom stereocenters. The zero-order chi connectivity index (χ0) is 20.2. The lowest BCUT2D eigenvalue weighted by atomic mass is 9.98. The SMILES string of the molecule is COC(=O)c1ccccc1-c1cc(-c2ccccn2)cn(-c2ccccc2)c1=O. The Morgan fingerprint density at radius 2 is 1.62 bits per heavy atom. The molecule has 0 aliphatic heterocycles. The highest BCUT2D eigenvalue weighted by atomic mass is 16.5. The average Bonchev–Trinajstić information content (AvgIpc) is 2.80. The molecule has 0 saturated heterocycles. The van der Waals surface area contributed by atoms with Gasteiger partial charge in [-0.2, -0.15) is 0 Å². The van der Waals surface area contributed by atoms with Gasteiger partial charge in [-0.3, -0.25) is 14.3 Å². The summed E-state index contributed by atoms with van der Waals surface area (Å²) < 4.78 is 6.48. The van der Waals surface area contributed by atoms with Crippen LogP contribution in [0.25, 0.3) is 28.1 Å². The van der Waals surface area contributed by atoms with Gasteiger partial charge in [-0.1, -0.05) is 42.5 Å². The number of hydrogen-bond donors (Lipinski definition) is 0. The molecule has 0 aliphatic carbocycles. The molecule has 2 aromatic carbocycles. The van der Waals surface area contributed by atoms with Crippen LogP contribution in [0.5, 0.6) is 0 Å². The lowest BCUT2D eigenvalue weighted by molar-refractivity contribution is 0.0601. The molecule has 0 spiro atoms. The minimum absolute atomic E-state index is 0.229. The van der Waals surface area contributed by atoms with E-state index in [-0.39, 0.29) is 5.56 Å². The van der Waals surface area contributed by atoms with Crippen LogP contribution in [-0.4, -0.2) is 22.6 Å². The number of para-hydroxylation sites is 1. The van der Waals surface area contributed by atoms with Crippen molar-refractivity contribution in [3.8, 4) is 28.1 Å². The van der Waals surface area contributed by atoms with E-state index in [1.54, 1.807) is 47.3 Å². The Kier molecular flexibility index (Phi) is 5.03. The van der Waals surface area contributed by atoms with Gasteiger partial charge in [-0.25, -0.2) is 4.79 Å². The van der Waals surface area contributed by atoms with Gasteiger partial charge in [-0.05, 0) is 36.4 Å². The van der Waals surface area contributed by atoms with E-state index in [0.717, 1.165) is 16.9 Å². The van der Waals surface area contributed by atoms with Crippen molar-refractivity contribution in [3.05, 3.63) is 107 Å². The third-order valence-corrected chi connectivity index (χ3v) is 4.63. The lowest BCUT2D eigenvalue weighted by Gasteiger charge is -2.14. The molecule has 4 rings (SSSR count). The second-order valence-corrected chi connectivity index (χ2v) is 6.41. The fourth-order valence-corrected chi connectivity index (χ4v) is 3.23. The summed E-state index contributed by atoms with van der Waals surface area (Å²) >= 11 is 0. The van der Waals surface area contributed by atoms with Crippen molar-refractivity contribution >= 4 is 5.97 Å². The molecule has 5 heteroatoms. The average molecular weight is 382 g/mol. The van der Waals surface area contributed by atoms with Crippen molar-refractivity contribution in [2.24, 2.45) is 0 Å². The third kappa shape index (κ3) is 3.58. The summed E-state index contributed by atoms with van der Waals surface area (Å²) in [5.41, 5.74) is 3.26. The van der Waals surface area contributed by atoms with Gasteiger partial charge < -0.3 is 4.74 Å². The molecule has 4 aromatic rings. The van der Waals surface area contributed by atoms with Gasteiger partial charge in [0.05, 0.1) is 18.4 Å². The first-order chi connectivity index (χ1) is 14.2. The van der Waals surface area contributed by atoms with Gasteiger partial charge in [0.15, 0.2) is 0 Å². The van der Waals surface area contributed by atoms with Gasteiger partial charge in [0.1, 0.15) is 0 Å². The zero-order valence-electron chi connectivity index (χ0n) is 15.8. The van der Waals surface area contributed by atoms with E-state index >= 15 is 0 Å². The molecule has 0 fully saturated rings. The smallest absolute Gasteiger partial charge is 0.338 e. The molecule has 29 heavy (non-hydrogen) atoms. The summed E-state index contributed by atoms with van der Waals surface area (Å²) in [7, 11) is 1.33. The number of hydrogen-bond acceptors (Lipinski definition) is 4. The topological polar surface area (TPSA) is 61.2 Å². The molecular formula is C24H18N2O3. The highest BCUT2D eigenvalue weighted by Gasteiger charge is 2.18. The van der Waals surface area contributed by atoms with Gasteiger partial charge in [0.25, 0.3) is 5.56 Å². The van der Waals surface area contributed by atoms with Crippen LogP contribution in [0.4, 0.5) is 0 Å². The van der Waals surface area contributed by atoms with E-state index in [4.69, 9.17) is 4.74 Å². The summed E-state index contributed by atoms with van der Waals surface area (Å²) in [6.45, 7) is 0. The number of aromatic nitrogens is 2. The van der Waals surface area contributed by atoms with Crippen LogP contribution in [0.15, 0.2) is 96.1 Å². The second kappa shape index (κ2) is 7.94. The third-order valence-electron chi connectivity index (χ3n) is 4.63. The summed E-state index contributed by atoms with van der Waals surface area (Å²) in [5, 5.41) is 0. The Morgan fingerprint density at radius 1 is 0.897 bits per heavy atom. The van der Waals surface area contributed by atoms with Crippen molar-refractivity contribution in [1.82, 2.24) is 9.55 Å². The van der Waals surface area contributed by atoms with Crippen LogP contribution in [0.2, 0.25) is 0 Å².